The predicted molar refractivity (Wildman–Crippen MR) is 82.9 cm³/mol. The van der Waals surface area contributed by atoms with Crippen LogP contribution in [0.3, 0.4) is 0 Å². The molecule has 2 aliphatic heterocycles. The van der Waals surface area contributed by atoms with Crippen LogP contribution in [0.2, 0.25) is 0 Å². The molecule has 2 atom stereocenters. The van der Waals surface area contributed by atoms with E-state index in [4.69, 9.17) is 0 Å². The maximum atomic E-state index is 4.45. The third kappa shape index (κ3) is 2.48. The summed E-state index contributed by atoms with van der Waals surface area (Å²) < 4.78 is 2.13. The highest BCUT2D eigenvalue weighted by Gasteiger charge is 2.34. The minimum Gasteiger partial charge on any atom is -0.298 e. The van der Waals surface area contributed by atoms with Gasteiger partial charge < -0.3 is 0 Å². The molecule has 2 fully saturated rings. The average Bonchev–Trinajstić information content (AvgIpc) is 3.05. The van der Waals surface area contributed by atoms with Crippen LogP contribution in [0.25, 0.3) is 11.3 Å². The van der Waals surface area contributed by atoms with Crippen molar-refractivity contribution in [2.45, 2.75) is 44.2 Å². The van der Waals surface area contributed by atoms with Crippen LogP contribution >= 0.6 is 0 Å². The van der Waals surface area contributed by atoms with E-state index < -0.39 is 0 Å². The molecule has 0 N–H and O–H groups in total. The molecular weight excluding hydrogens is 260 g/mol. The zero-order valence-electron chi connectivity index (χ0n) is 12.4. The van der Waals surface area contributed by atoms with Gasteiger partial charge in [-0.1, -0.05) is 42.0 Å². The molecule has 1 aromatic carbocycles. The Kier molecular flexibility index (Phi) is 3.47. The third-order valence-corrected chi connectivity index (χ3v) is 4.97. The first kappa shape index (κ1) is 13.0. The lowest BCUT2D eigenvalue weighted by atomic mass is 9.89. The molecule has 4 nitrogen and oxygen atoms in total. The van der Waals surface area contributed by atoms with Gasteiger partial charge in [0.1, 0.15) is 5.69 Å². The first-order valence-corrected chi connectivity index (χ1v) is 8.13. The lowest BCUT2D eigenvalue weighted by Crippen LogP contribution is -2.48. The van der Waals surface area contributed by atoms with Crippen LogP contribution in [-0.4, -0.2) is 39.0 Å². The Balaban J connectivity index is 1.60. The number of nitrogens with zero attached hydrogens (tertiary/aromatic N) is 4. The topological polar surface area (TPSA) is 34.0 Å². The Bertz CT molecular complexity index is 590. The predicted octanol–water partition coefficient (Wildman–Crippen LogP) is 3.13. The molecule has 2 aliphatic rings. The highest BCUT2D eigenvalue weighted by molar-refractivity contribution is 5.57. The molecule has 0 radical (unpaired) electrons. The van der Waals surface area contributed by atoms with Gasteiger partial charge in [0.25, 0.3) is 0 Å². The number of fused-ring (bicyclic) bond motifs is 1. The zero-order valence-corrected chi connectivity index (χ0v) is 12.4. The second-order valence-corrected chi connectivity index (χ2v) is 6.26. The van der Waals surface area contributed by atoms with Gasteiger partial charge >= 0.3 is 0 Å². The molecule has 2 saturated heterocycles. The summed E-state index contributed by atoms with van der Waals surface area (Å²) in [5, 5.41) is 8.84. The molecular formula is C17H22N4. The van der Waals surface area contributed by atoms with E-state index in [1.165, 1.54) is 45.2 Å². The molecule has 3 heterocycles. The summed E-state index contributed by atoms with van der Waals surface area (Å²) in [5.41, 5.74) is 2.14. The first-order chi connectivity index (χ1) is 10.4. The van der Waals surface area contributed by atoms with Gasteiger partial charge in [-0.2, -0.15) is 0 Å². The maximum absolute atomic E-state index is 4.45. The van der Waals surface area contributed by atoms with Gasteiger partial charge in [-0.3, -0.25) is 4.90 Å². The molecule has 0 bridgehead atoms. The third-order valence-electron chi connectivity index (χ3n) is 4.97. The van der Waals surface area contributed by atoms with Crippen molar-refractivity contribution < 1.29 is 0 Å². The monoisotopic (exact) mass is 282 g/mol. The van der Waals surface area contributed by atoms with E-state index in [-0.39, 0.29) is 0 Å². The van der Waals surface area contributed by atoms with Gasteiger partial charge in [0, 0.05) is 11.6 Å². The smallest absolute Gasteiger partial charge is 0.113 e. The Morgan fingerprint density at radius 3 is 2.62 bits per heavy atom. The van der Waals surface area contributed by atoms with Crippen LogP contribution in [0, 0.1) is 0 Å². The Hall–Kier alpha value is -1.68. The van der Waals surface area contributed by atoms with Crippen molar-refractivity contribution in [3.05, 3.63) is 36.5 Å². The van der Waals surface area contributed by atoms with E-state index in [9.17, 15) is 0 Å². The number of hydrogen-bond donors (Lipinski definition) is 0. The largest absolute Gasteiger partial charge is 0.298 e. The molecule has 0 saturated carbocycles. The summed E-state index contributed by atoms with van der Waals surface area (Å²) in [4.78, 5) is 2.67. The normalized spacial score (nSPS) is 26.5. The van der Waals surface area contributed by atoms with Crippen molar-refractivity contribution >= 4 is 0 Å². The second-order valence-electron chi connectivity index (χ2n) is 6.26. The fourth-order valence-corrected chi connectivity index (χ4v) is 3.91. The SMILES string of the molecule is c1ccc(-c2cn([C@@H]3CCCN4CCCC[C@H]34)nn2)cc1. The van der Waals surface area contributed by atoms with Crippen LogP contribution in [0.1, 0.15) is 38.1 Å². The summed E-state index contributed by atoms with van der Waals surface area (Å²) in [6.45, 7) is 2.53. The standard InChI is InChI=1S/C17H22N4/c1-2-7-14(8-3-1)15-13-21(19-18-15)17-10-6-12-20-11-5-4-9-16(17)20/h1-3,7-8,13,16-17H,4-6,9-12H2/t16-,17-/m1/s1. The van der Waals surface area contributed by atoms with Crippen LogP contribution in [0.5, 0.6) is 0 Å². The number of piperidine rings is 2. The molecule has 0 aliphatic carbocycles. The minimum absolute atomic E-state index is 0.504. The van der Waals surface area contributed by atoms with Crippen LogP contribution in [0.4, 0.5) is 0 Å². The second kappa shape index (κ2) is 5.60. The van der Waals surface area contributed by atoms with Crippen molar-refractivity contribution in [3.63, 3.8) is 0 Å². The maximum Gasteiger partial charge on any atom is 0.113 e. The van der Waals surface area contributed by atoms with Crippen molar-refractivity contribution in [3.8, 4) is 11.3 Å². The molecule has 21 heavy (non-hydrogen) atoms. The van der Waals surface area contributed by atoms with Gasteiger partial charge in [-0.15, -0.1) is 5.10 Å². The van der Waals surface area contributed by atoms with Crippen molar-refractivity contribution in [2.75, 3.05) is 13.1 Å². The van der Waals surface area contributed by atoms with Gasteiger partial charge in [0.2, 0.25) is 0 Å². The van der Waals surface area contributed by atoms with E-state index in [0.717, 1.165) is 11.3 Å². The molecule has 2 aromatic rings. The van der Waals surface area contributed by atoms with E-state index in [1.807, 2.05) is 6.07 Å². The van der Waals surface area contributed by atoms with Gasteiger partial charge in [0.05, 0.1) is 12.2 Å². The zero-order chi connectivity index (χ0) is 14.1. The quantitative estimate of drug-likeness (QED) is 0.848. The lowest BCUT2D eigenvalue weighted by Gasteiger charge is -2.44. The highest BCUT2D eigenvalue weighted by Crippen LogP contribution is 2.34. The van der Waals surface area contributed by atoms with Crippen LogP contribution in [-0.2, 0) is 0 Å². The van der Waals surface area contributed by atoms with E-state index in [1.54, 1.807) is 0 Å². The number of benzene rings is 1. The summed E-state index contributed by atoms with van der Waals surface area (Å²) in [5.74, 6) is 0. The molecule has 0 unspecified atom stereocenters. The summed E-state index contributed by atoms with van der Waals surface area (Å²) in [6, 6.07) is 11.5. The van der Waals surface area contributed by atoms with E-state index in [2.05, 4.69) is 50.4 Å². The van der Waals surface area contributed by atoms with Crippen molar-refractivity contribution in [1.82, 2.24) is 19.9 Å². The van der Waals surface area contributed by atoms with Gasteiger partial charge in [0.15, 0.2) is 0 Å². The molecule has 1 aromatic heterocycles. The molecule has 4 rings (SSSR count). The summed E-state index contributed by atoms with van der Waals surface area (Å²) >= 11 is 0. The number of hydrogen-bond acceptors (Lipinski definition) is 3. The molecule has 0 spiro atoms. The highest BCUT2D eigenvalue weighted by atomic mass is 15.4. The Morgan fingerprint density at radius 1 is 0.905 bits per heavy atom. The summed E-state index contributed by atoms with van der Waals surface area (Å²) in [6.07, 6.45) is 8.68. The fraction of sp³-hybridized carbons (Fsp3) is 0.529. The molecule has 110 valence electrons. The Labute approximate surface area is 125 Å². The molecule has 4 heteroatoms. The van der Waals surface area contributed by atoms with Gasteiger partial charge in [-0.25, -0.2) is 4.68 Å². The molecule has 0 amide bonds. The minimum atomic E-state index is 0.504. The lowest BCUT2D eigenvalue weighted by molar-refractivity contribution is 0.0587. The average molecular weight is 282 g/mol. The number of aromatic nitrogens is 3. The van der Waals surface area contributed by atoms with E-state index >= 15 is 0 Å². The fourth-order valence-electron chi connectivity index (χ4n) is 3.91. The van der Waals surface area contributed by atoms with Crippen LogP contribution < -0.4 is 0 Å². The van der Waals surface area contributed by atoms with E-state index in [0.29, 0.717) is 12.1 Å². The van der Waals surface area contributed by atoms with Crippen molar-refractivity contribution in [1.29, 1.82) is 0 Å². The van der Waals surface area contributed by atoms with Crippen LogP contribution in [0.15, 0.2) is 36.5 Å². The number of rotatable bonds is 2. The van der Waals surface area contributed by atoms with Crippen molar-refractivity contribution in [2.24, 2.45) is 0 Å². The van der Waals surface area contributed by atoms with Gasteiger partial charge in [-0.05, 0) is 38.8 Å². The first-order valence-electron chi connectivity index (χ1n) is 8.13. The summed E-state index contributed by atoms with van der Waals surface area (Å²) in [7, 11) is 0. The Morgan fingerprint density at radius 2 is 1.71 bits per heavy atom.